The molecule has 0 spiro atoms. The molecule has 0 saturated carbocycles. The van der Waals surface area contributed by atoms with Crippen molar-refractivity contribution >= 4 is 5.91 Å². The van der Waals surface area contributed by atoms with Gasteiger partial charge in [-0.3, -0.25) is 4.79 Å². The van der Waals surface area contributed by atoms with E-state index in [0.717, 1.165) is 0 Å². The molecule has 0 aliphatic rings. The van der Waals surface area contributed by atoms with Crippen LogP contribution in [-0.2, 0) is 17.5 Å². The summed E-state index contributed by atoms with van der Waals surface area (Å²) in [6.45, 7) is 0.836. The fraction of sp³-hybridized carbons (Fsp3) is 0.333. The van der Waals surface area contributed by atoms with Gasteiger partial charge >= 0.3 is 12.1 Å². The van der Waals surface area contributed by atoms with Gasteiger partial charge in [-0.15, -0.1) is 5.10 Å². The van der Waals surface area contributed by atoms with Gasteiger partial charge in [-0.1, -0.05) is 29.4 Å². The van der Waals surface area contributed by atoms with Gasteiger partial charge in [0.2, 0.25) is 11.6 Å². The van der Waals surface area contributed by atoms with E-state index in [0.29, 0.717) is 24.3 Å². The number of methoxy groups -OCH3 is 1. The van der Waals surface area contributed by atoms with E-state index in [4.69, 9.17) is 4.74 Å². The normalized spacial score (nSPS) is 11.6. The van der Waals surface area contributed by atoms with Crippen LogP contribution in [0.5, 0.6) is 0 Å². The summed E-state index contributed by atoms with van der Waals surface area (Å²) in [5, 5.41) is 16.9. The van der Waals surface area contributed by atoms with Gasteiger partial charge in [-0.25, -0.2) is 4.68 Å². The Morgan fingerprint density at radius 1 is 1.29 bits per heavy atom. The Kier molecular flexibility index (Phi) is 5.63. The molecule has 1 amide bonds. The predicted molar refractivity (Wildman–Crippen MR) is 85.9 cm³/mol. The minimum Gasteiger partial charge on any atom is -0.383 e. The van der Waals surface area contributed by atoms with E-state index in [1.165, 1.54) is 23.9 Å². The average Bonchev–Trinajstić information content (AvgIpc) is 3.32. The molecule has 0 aliphatic carbocycles. The lowest BCUT2D eigenvalue weighted by Crippen LogP contribution is -2.30. The van der Waals surface area contributed by atoms with Crippen LogP contribution in [0.1, 0.15) is 22.1 Å². The third-order valence-corrected chi connectivity index (χ3v) is 3.54. The number of tetrazole rings is 1. The number of nitrogens with zero attached hydrogens (tertiary/aromatic N) is 6. The van der Waals surface area contributed by atoms with Crippen molar-refractivity contribution in [1.82, 2.24) is 35.7 Å². The van der Waals surface area contributed by atoms with Crippen LogP contribution in [0.3, 0.4) is 0 Å². The number of ether oxygens (including phenoxy) is 1. The maximum Gasteiger partial charge on any atom is 0.471 e. The Bertz CT molecular complexity index is 937. The number of rotatable bonds is 7. The van der Waals surface area contributed by atoms with Crippen molar-refractivity contribution in [2.45, 2.75) is 12.7 Å². The van der Waals surface area contributed by atoms with Gasteiger partial charge in [-0.05, 0) is 16.0 Å². The van der Waals surface area contributed by atoms with Crippen molar-refractivity contribution in [2.24, 2.45) is 0 Å². The summed E-state index contributed by atoms with van der Waals surface area (Å²) in [5.41, 5.74) is 1.05. The van der Waals surface area contributed by atoms with Crippen molar-refractivity contribution in [3.8, 4) is 11.4 Å². The zero-order chi connectivity index (χ0) is 20.1. The average molecular weight is 397 g/mol. The van der Waals surface area contributed by atoms with Crippen LogP contribution in [0.4, 0.5) is 13.2 Å². The van der Waals surface area contributed by atoms with Crippen LogP contribution in [0, 0.1) is 0 Å². The molecule has 2 heterocycles. The van der Waals surface area contributed by atoms with Crippen LogP contribution in [-0.4, -0.2) is 56.5 Å². The lowest BCUT2D eigenvalue weighted by atomic mass is 10.1. The van der Waals surface area contributed by atoms with Crippen LogP contribution < -0.4 is 5.32 Å². The van der Waals surface area contributed by atoms with Crippen molar-refractivity contribution in [1.29, 1.82) is 0 Å². The molecule has 1 aromatic carbocycles. The molecule has 0 atom stereocenters. The van der Waals surface area contributed by atoms with E-state index < -0.39 is 18.0 Å². The highest BCUT2D eigenvalue weighted by atomic mass is 19.4. The number of carbonyl (C=O) groups is 1. The van der Waals surface area contributed by atoms with E-state index in [1.807, 2.05) is 0 Å². The number of hydrogen-bond acceptors (Lipinski definition) is 8. The fourth-order valence-corrected chi connectivity index (χ4v) is 2.21. The minimum atomic E-state index is -4.70. The van der Waals surface area contributed by atoms with Gasteiger partial charge in [0.25, 0.3) is 5.91 Å². The van der Waals surface area contributed by atoms with Crippen molar-refractivity contribution < 1.29 is 27.2 Å². The number of hydrogen-bond donors (Lipinski definition) is 1. The largest absolute Gasteiger partial charge is 0.471 e. The molecule has 148 valence electrons. The number of benzene rings is 1. The van der Waals surface area contributed by atoms with E-state index in [2.05, 4.69) is 35.5 Å². The van der Waals surface area contributed by atoms with Crippen LogP contribution in [0.25, 0.3) is 11.4 Å². The van der Waals surface area contributed by atoms with E-state index >= 15 is 0 Å². The number of carbonyl (C=O) groups excluding carboxylic acids is 1. The van der Waals surface area contributed by atoms with Crippen molar-refractivity contribution in [2.75, 3.05) is 20.3 Å². The highest BCUT2D eigenvalue weighted by Gasteiger charge is 2.38. The summed E-state index contributed by atoms with van der Waals surface area (Å²) >= 11 is 0. The Morgan fingerprint density at radius 3 is 2.68 bits per heavy atom. The second-order valence-corrected chi connectivity index (χ2v) is 5.53. The molecule has 0 radical (unpaired) electrons. The van der Waals surface area contributed by atoms with E-state index in [1.54, 1.807) is 12.1 Å². The fourth-order valence-electron chi connectivity index (χ4n) is 2.21. The highest BCUT2D eigenvalue weighted by molar-refractivity contribution is 5.90. The molecule has 10 nitrogen and oxygen atoms in total. The summed E-state index contributed by atoms with van der Waals surface area (Å²) in [6.07, 6.45) is -4.70. The molecule has 0 saturated heterocycles. The molecular weight excluding hydrogens is 383 g/mol. The smallest absolute Gasteiger partial charge is 0.383 e. The number of amides is 1. The SMILES string of the molecule is COCCNC(=O)c1nnnn1Cc1ccc(-c2noc(C(F)(F)F)n2)cc1. The molecule has 1 N–H and O–H groups in total. The molecule has 13 heteroatoms. The number of nitrogens with one attached hydrogen (secondary N) is 1. The monoisotopic (exact) mass is 397 g/mol. The standard InChI is InChI=1S/C15H14F3N7O3/c1-27-7-6-19-13(26)12-21-23-24-25(12)8-9-2-4-10(5-3-9)11-20-14(28-22-11)15(16,17)18/h2-5H,6-8H2,1H3,(H,19,26). The maximum atomic E-state index is 12.5. The Labute approximate surface area is 155 Å². The number of halogens is 3. The first-order valence-corrected chi connectivity index (χ1v) is 7.92. The van der Waals surface area contributed by atoms with Gasteiger partial charge in [0.15, 0.2) is 0 Å². The maximum absolute atomic E-state index is 12.5. The highest BCUT2D eigenvalue weighted by Crippen LogP contribution is 2.29. The quantitative estimate of drug-likeness (QED) is 0.590. The molecule has 0 bridgehead atoms. The Balaban J connectivity index is 1.69. The molecule has 0 unspecified atom stereocenters. The van der Waals surface area contributed by atoms with Crippen LogP contribution in [0.15, 0.2) is 28.8 Å². The first kappa shape index (κ1) is 19.4. The molecule has 28 heavy (non-hydrogen) atoms. The van der Waals surface area contributed by atoms with Gasteiger partial charge in [0.05, 0.1) is 13.2 Å². The summed E-state index contributed by atoms with van der Waals surface area (Å²) < 4.78 is 48.0. The zero-order valence-corrected chi connectivity index (χ0v) is 14.5. The molecular formula is C15H14F3N7O3. The Morgan fingerprint density at radius 2 is 2.04 bits per heavy atom. The Hall–Kier alpha value is -3.35. The first-order chi connectivity index (χ1) is 13.4. The molecule has 0 fully saturated rings. The summed E-state index contributed by atoms with van der Waals surface area (Å²) in [5.74, 6) is -2.03. The van der Waals surface area contributed by atoms with E-state index in [-0.39, 0.29) is 18.2 Å². The first-order valence-electron chi connectivity index (χ1n) is 7.92. The van der Waals surface area contributed by atoms with Crippen molar-refractivity contribution in [3.05, 3.63) is 41.5 Å². The van der Waals surface area contributed by atoms with Crippen LogP contribution in [0.2, 0.25) is 0 Å². The molecule has 2 aromatic heterocycles. The molecule has 3 aromatic rings. The van der Waals surface area contributed by atoms with Crippen molar-refractivity contribution in [3.63, 3.8) is 0 Å². The predicted octanol–water partition coefficient (Wildman–Crippen LogP) is 1.17. The third-order valence-electron chi connectivity index (χ3n) is 3.54. The lowest BCUT2D eigenvalue weighted by molar-refractivity contribution is -0.159. The summed E-state index contributed by atoms with van der Waals surface area (Å²) in [7, 11) is 1.51. The number of aromatic nitrogens is 6. The topological polar surface area (TPSA) is 121 Å². The summed E-state index contributed by atoms with van der Waals surface area (Å²) in [4.78, 5) is 15.4. The van der Waals surface area contributed by atoms with Gasteiger partial charge in [0, 0.05) is 19.2 Å². The molecule has 3 rings (SSSR count). The molecule has 0 aliphatic heterocycles. The second kappa shape index (κ2) is 8.12. The summed E-state index contributed by atoms with van der Waals surface area (Å²) in [6, 6.07) is 6.33. The van der Waals surface area contributed by atoms with Gasteiger partial charge in [-0.2, -0.15) is 18.2 Å². The van der Waals surface area contributed by atoms with Gasteiger partial charge < -0.3 is 14.6 Å². The van der Waals surface area contributed by atoms with Crippen LogP contribution >= 0.6 is 0 Å². The van der Waals surface area contributed by atoms with Gasteiger partial charge in [0.1, 0.15) is 0 Å². The second-order valence-electron chi connectivity index (χ2n) is 5.53. The minimum absolute atomic E-state index is 0.0215. The number of alkyl halides is 3. The van der Waals surface area contributed by atoms with E-state index in [9.17, 15) is 18.0 Å². The third kappa shape index (κ3) is 4.49. The zero-order valence-electron chi connectivity index (χ0n) is 14.5. The lowest BCUT2D eigenvalue weighted by Gasteiger charge is -2.06.